The van der Waals surface area contributed by atoms with Crippen LogP contribution in [0.15, 0.2) is 24.3 Å². The van der Waals surface area contributed by atoms with Gasteiger partial charge in [0.25, 0.3) is 0 Å². The van der Waals surface area contributed by atoms with Crippen molar-refractivity contribution >= 4 is 0 Å². The van der Waals surface area contributed by atoms with E-state index in [-0.39, 0.29) is 18.5 Å². The molecule has 2 aromatic rings. The molecule has 0 bridgehead atoms. The Labute approximate surface area is 125 Å². The number of halogens is 3. The maximum Gasteiger partial charge on any atom is 0.435 e. The van der Waals surface area contributed by atoms with Gasteiger partial charge in [-0.3, -0.25) is 0 Å². The number of aromatic nitrogens is 2. The first-order valence-electron chi connectivity index (χ1n) is 6.85. The predicted molar refractivity (Wildman–Crippen MR) is 73.3 cm³/mol. The molecule has 0 aliphatic carbocycles. The molecule has 1 aromatic heterocycles. The highest BCUT2D eigenvalue weighted by atomic mass is 19.4. The molecule has 0 unspecified atom stereocenters. The Morgan fingerprint density at radius 3 is 2.64 bits per heavy atom. The van der Waals surface area contributed by atoms with Crippen molar-refractivity contribution in [3.05, 3.63) is 46.8 Å². The van der Waals surface area contributed by atoms with Gasteiger partial charge in [-0.25, -0.2) is 4.68 Å². The van der Waals surface area contributed by atoms with E-state index in [1.807, 2.05) is 6.07 Å². The molecular formula is C15H13F3N4. The minimum Gasteiger partial charge on any atom is -0.312 e. The van der Waals surface area contributed by atoms with Crippen molar-refractivity contribution in [2.75, 3.05) is 6.54 Å². The van der Waals surface area contributed by atoms with Crippen molar-refractivity contribution in [1.29, 1.82) is 5.26 Å². The van der Waals surface area contributed by atoms with Crippen molar-refractivity contribution in [2.45, 2.75) is 25.6 Å². The molecule has 0 saturated heterocycles. The molecule has 0 saturated carbocycles. The first kappa shape index (κ1) is 14.6. The SMILES string of the molecule is N#CCc1ccc(-n2nc(C(F)(F)F)c3c2CCNC3)cc1. The van der Waals surface area contributed by atoms with Crippen LogP contribution < -0.4 is 5.32 Å². The Kier molecular flexibility index (Phi) is 3.62. The molecule has 1 aromatic carbocycles. The molecule has 1 aliphatic heterocycles. The first-order chi connectivity index (χ1) is 10.5. The smallest absolute Gasteiger partial charge is 0.312 e. The van der Waals surface area contributed by atoms with Gasteiger partial charge in [0.15, 0.2) is 5.69 Å². The highest BCUT2D eigenvalue weighted by Crippen LogP contribution is 2.34. The lowest BCUT2D eigenvalue weighted by atomic mass is 10.1. The summed E-state index contributed by atoms with van der Waals surface area (Å²) >= 11 is 0. The van der Waals surface area contributed by atoms with E-state index in [2.05, 4.69) is 10.4 Å². The fourth-order valence-electron chi connectivity index (χ4n) is 2.64. The van der Waals surface area contributed by atoms with Crippen LogP contribution in [-0.4, -0.2) is 16.3 Å². The van der Waals surface area contributed by atoms with Crippen LogP contribution in [0.5, 0.6) is 0 Å². The average Bonchev–Trinajstić information content (AvgIpc) is 2.88. The van der Waals surface area contributed by atoms with Gasteiger partial charge in [0, 0.05) is 25.1 Å². The van der Waals surface area contributed by atoms with Gasteiger partial charge in [0.05, 0.1) is 23.9 Å². The Bertz CT molecular complexity index is 723. The van der Waals surface area contributed by atoms with Gasteiger partial charge in [-0.05, 0) is 17.7 Å². The molecular weight excluding hydrogens is 293 g/mol. The van der Waals surface area contributed by atoms with Crippen molar-refractivity contribution in [3.8, 4) is 11.8 Å². The quantitative estimate of drug-likeness (QED) is 0.928. The van der Waals surface area contributed by atoms with E-state index < -0.39 is 11.9 Å². The highest BCUT2D eigenvalue weighted by molar-refractivity contribution is 5.41. The van der Waals surface area contributed by atoms with Crippen LogP contribution in [0, 0.1) is 11.3 Å². The second-order valence-corrected chi connectivity index (χ2v) is 5.11. The Morgan fingerprint density at radius 1 is 1.27 bits per heavy atom. The third kappa shape index (κ3) is 2.57. The van der Waals surface area contributed by atoms with Gasteiger partial charge in [-0.2, -0.15) is 23.5 Å². The molecule has 1 N–H and O–H groups in total. The lowest BCUT2D eigenvalue weighted by Crippen LogP contribution is -2.25. The van der Waals surface area contributed by atoms with Crippen molar-refractivity contribution < 1.29 is 13.2 Å². The fraction of sp³-hybridized carbons (Fsp3) is 0.333. The molecule has 0 fully saturated rings. The molecule has 7 heteroatoms. The summed E-state index contributed by atoms with van der Waals surface area (Å²) in [4.78, 5) is 0. The largest absolute Gasteiger partial charge is 0.435 e. The number of hydrogen-bond acceptors (Lipinski definition) is 3. The van der Waals surface area contributed by atoms with Gasteiger partial charge >= 0.3 is 6.18 Å². The third-order valence-electron chi connectivity index (χ3n) is 3.66. The van der Waals surface area contributed by atoms with E-state index >= 15 is 0 Å². The minimum absolute atomic E-state index is 0.177. The van der Waals surface area contributed by atoms with Crippen LogP contribution in [0.25, 0.3) is 5.69 Å². The summed E-state index contributed by atoms with van der Waals surface area (Å²) in [5.41, 5.74) is 1.40. The summed E-state index contributed by atoms with van der Waals surface area (Å²) in [6.45, 7) is 0.805. The summed E-state index contributed by atoms with van der Waals surface area (Å²) < 4.78 is 40.8. The molecule has 114 valence electrons. The van der Waals surface area contributed by atoms with E-state index in [4.69, 9.17) is 5.26 Å². The number of nitriles is 1. The van der Waals surface area contributed by atoms with E-state index in [9.17, 15) is 13.2 Å². The topological polar surface area (TPSA) is 53.6 Å². The molecule has 2 heterocycles. The molecule has 22 heavy (non-hydrogen) atoms. The van der Waals surface area contributed by atoms with E-state index in [1.165, 1.54) is 4.68 Å². The molecule has 4 nitrogen and oxygen atoms in total. The Morgan fingerprint density at radius 2 is 2.00 bits per heavy atom. The Hall–Kier alpha value is -2.33. The lowest BCUT2D eigenvalue weighted by molar-refractivity contribution is -0.142. The minimum atomic E-state index is -4.46. The predicted octanol–water partition coefficient (Wildman–Crippen LogP) is 2.60. The normalized spacial score (nSPS) is 14.5. The zero-order chi connectivity index (χ0) is 15.7. The van der Waals surface area contributed by atoms with Crippen LogP contribution in [-0.2, 0) is 25.6 Å². The van der Waals surface area contributed by atoms with Crippen LogP contribution in [0.4, 0.5) is 13.2 Å². The number of rotatable bonds is 2. The molecule has 0 amide bonds. The number of nitrogens with zero attached hydrogens (tertiary/aromatic N) is 3. The second kappa shape index (κ2) is 5.46. The lowest BCUT2D eigenvalue weighted by Gasteiger charge is -2.16. The van der Waals surface area contributed by atoms with Crippen LogP contribution >= 0.6 is 0 Å². The van der Waals surface area contributed by atoms with E-state index in [0.717, 1.165) is 5.56 Å². The highest BCUT2D eigenvalue weighted by Gasteiger charge is 2.39. The summed E-state index contributed by atoms with van der Waals surface area (Å²) in [7, 11) is 0. The first-order valence-corrected chi connectivity index (χ1v) is 6.85. The van der Waals surface area contributed by atoms with Gasteiger partial charge in [-0.15, -0.1) is 0 Å². The van der Waals surface area contributed by atoms with Crippen LogP contribution in [0.2, 0.25) is 0 Å². The van der Waals surface area contributed by atoms with E-state index in [0.29, 0.717) is 24.3 Å². The fourth-order valence-corrected chi connectivity index (χ4v) is 2.64. The summed E-state index contributed by atoms with van der Waals surface area (Å²) in [6.07, 6.45) is -3.69. The van der Waals surface area contributed by atoms with Gasteiger partial charge in [0.2, 0.25) is 0 Å². The molecule has 3 rings (SSSR count). The number of nitrogens with one attached hydrogen (secondary N) is 1. The maximum absolute atomic E-state index is 13.1. The maximum atomic E-state index is 13.1. The van der Waals surface area contributed by atoms with Gasteiger partial charge < -0.3 is 5.32 Å². The molecule has 0 radical (unpaired) electrons. The van der Waals surface area contributed by atoms with E-state index in [1.54, 1.807) is 24.3 Å². The van der Waals surface area contributed by atoms with Crippen LogP contribution in [0.1, 0.15) is 22.5 Å². The molecule has 1 aliphatic rings. The summed E-state index contributed by atoms with van der Waals surface area (Å²) in [5, 5.41) is 15.4. The van der Waals surface area contributed by atoms with Crippen molar-refractivity contribution in [2.24, 2.45) is 0 Å². The number of benzene rings is 1. The Balaban J connectivity index is 2.07. The number of fused-ring (bicyclic) bond motifs is 1. The third-order valence-corrected chi connectivity index (χ3v) is 3.66. The summed E-state index contributed by atoms with van der Waals surface area (Å²) in [5.74, 6) is 0. The monoisotopic (exact) mass is 306 g/mol. The van der Waals surface area contributed by atoms with Gasteiger partial charge in [-0.1, -0.05) is 12.1 Å². The standard InChI is InChI=1S/C15H13F3N4/c16-15(17,18)14-12-9-20-8-6-13(12)22(21-14)11-3-1-10(2-4-11)5-7-19/h1-4,20H,5-6,8-9H2. The zero-order valence-electron chi connectivity index (χ0n) is 11.6. The average molecular weight is 306 g/mol. The molecule has 0 spiro atoms. The van der Waals surface area contributed by atoms with Crippen LogP contribution in [0.3, 0.4) is 0 Å². The van der Waals surface area contributed by atoms with Crippen molar-refractivity contribution in [1.82, 2.24) is 15.1 Å². The van der Waals surface area contributed by atoms with Crippen molar-refractivity contribution in [3.63, 3.8) is 0 Å². The van der Waals surface area contributed by atoms with Gasteiger partial charge in [0.1, 0.15) is 0 Å². The zero-order valence-corrected chi connectivity index (χ0v) is 11.6. The number of alkyl halides is 3. The second-order valence-electron chi connectivity index (χ2n) is 5.11. The summed E-state index contributed by atoms with van der Waals surface area (Å²) in [6, 6.07) is 8.90. The molecule has 0 atom stereocenters. The number of hydrogen-bond donors (Lipinski definition) is 1.